The van der Waals surface area contributed by atoms with Crippen molar-refractivity contribution in [2.75, 3.05) is 0 Å². The van der Waals surface area contributed by atoms with Gasteiger partial charge in [0.25, 0.3) is 0 Å². The van der Waals surface area contributed by atoms with Crippen molar-refractivity contribution in [3.05, 3.63) is 48.2 Å². The lowest BCUT2D eigenvalue weighted by Gasteiger charge is -2.24. The summed E-state index contributed by atoms with van der Waals surface area (Å²) in [7, 11) is 0. The molecular formula is C24H35N3O2. The Morgan fingerprint density at radius 1 is 1.17 bits per heavy atom. The quantitative estimate of drug-likeness (QED) is 0.527. The zero-order valence-corrected chi connectivity index (χ0v) is 18.3. The number of para-hydroxylation sites is 1. The smallest absolute Gasteiger partial charge is 0.217 e. The van der Waals surface area contributed by atoms with Gasteiger partial charge in [-0.1, -0.05) is 65.0 Å². The van der Waals surface area contributed by atoms with Crippen LogP contribution in [-0.4, -0.2) is 28.8 Å². The van der Waals surface area contributed by atoms with Crippen LogP contribution < -0.4 is 11.1 Å². The van der Waals surface area contributed by atoms with Crippen LogP contribution in [0.15, 0.2) is 42.6 Å². The summed E-state index contributed by atoms with van der Waals surface area (Å²) in [6, 6.07) is 8.41. The summed E-state index contributed by atoms with van der Waals surface area (Å²) in [5, 5.41) is 4.60. The SMILES string of the molecule is CC(C)N[C@H](/C=C/C(Cc1c[nH]c2ccccc12)C(=O)C(C)(C)C)CCC(N)=O. The van der Waals surface area contributed by atoms with E-state index < -0.39 is 5.41 Å². The minimum atomic E-state index is -0.435. The second-order valence-electron chi connectivity index (χ2n) is 9.10. The first-order valence-electron chi connectivity index (χ1n) is 10.4. The standard InChI is InChI=1S/C24H35N3O2/c1-16(2)27-19(12-13-22(25)28)11-10-17(23(29)24(3,4)5)14-18-15-26-21-9-7-6-8-20(18)21/h6-11,15-17,19,26-27H,12-14H2,1-5H3,(H2,25,28)/b11-10+/t17?,19-/m1/s1. The van der Waals surface area contributed by atoms with Gasteiger partial charge in [-0.05, 0) is 24.5 Å². The fraction of sp³-hybridized carbons (Fsp3) is 0.500. The molecule has 1 amide bonds. The molecule has 5 heteroatoms. The number of aromatic nitrogens is 1. The van der Waals surface area contributed by atoms with E-state index >= 15 is 0 Å². The Morgan fingerprint density at radius 3 is 2.48 bits per heavy atom. The Bertz CT molecular complexity index is 858. The fourth-order valence-corrected chi connectivity index (χ4v) is 3.57. The van der Waals surface area contributed by atoms with E-state index in [1.807, 2.05) is 57.3 Å². The number of Topliss-reactive ketones (excluding diaryl/α,β-unsaturated/α-hetero) is 1. The van der Waals surface area contributed by atoms with Crippen LogP contribution >= 0.6 is 0 Å². The number of fused-ring (bicyclic) bond motifs is 1. The number of allylic oxidation sites excluding steroid dienone is 1. The van der Waals surface area contributed by atoms with E-state index in [4.69, 9.17) is 5.73 Å². The van der Waals surface area contributed by atoms with E-state index in [2.05, 4.69) is 30.2 Å². The van der Waals surface area contributed by atoms with Gasteiger partial charge in [0, 0.05) is 46.9 Å². The number of nitrogens with one attached hydrogen (secondary N) is 2. The maximum atomic E-state index is 13.2. The van der Waals surface area contributed by atoms with Crippen LogP contribution in [0.2, 0.25) is 0 Å². The molecule has 0 aliphatic heterocycles. The van der Waals surface area contributed by atoms with E-state index in [9.17, 15) is 9.59 Å². The number of benzene rings is 1. The van der Waals surface area contributed by atoms with Gasteiger partial charge in [-0.3, -0.25) is 9.59 Å². The summed E-state index contributed by atoms with van der Waals surface area (Å²) in [5.74, 6) is -0.341. The van der Waals surface area contributed by atoms with Gasteiger partial charge in [0.15, 0.2) is 0 Å². The van der Waals surface area contributed by atoms with Gasteiger partial charge in [-0.25, -0.2) is 0 Å². The zero-order chi connectivity index (χ0) is 21.6. The summed E-state index contributed by atoms with van der Waals surface area (Å²) in [6.07, 6.45) is 7.62. The van der Waals surface area contributed by atoms with Crippen LogP contribution in [0.3, 0.4) is 0 Å². The van der Waals surface area contributed by atoms with Crippen molar-refractivity contribution in [3.63, 3.8) is 0 Å². The van der Waals surface area contributed by atoms with Gasteiger partial charge in [0.2, 0.25) is 5.91 Å². The van der Waals surface area contributed by atoms with Gasteiger partial charge >= 0.3 is 0 Å². The monoisotopic (exact) mass is 397 g/mol. The normalized spacial score (nSPS) is 14.6. The Kier molecular flexibility index (Phi) is 7.80. The first-order chi connectivity index (χ1) is 13.6. The molecule has 5 nitrogen and oxygen atoms in total. The van der Waals surface area contributed by atoms with Crippen molar-refractivity contribution in [1.29, 1.82) is 0 Å². The highest BCUT2D eigenvalue weighted by molar-refractivity contribution is 5.89. The number of nitrogens with two attached hydrogens (primary N) is 1. The molecule has 1 heterocycles. The molecule has 2 aromatic rings. The van der Waals surface area contributed by atoms with Crippen molar-refractivity contribution in [1.82, 2.24) is 10.3 Å². The van der Waals surface area contributed by atoms with Crippen molar-refractivity contribution in [2.24, 2.45) is 17.1 Å². The predicted octanol–water partition coefficient (Wildman–Crippen LogP) is 4.13. The molecule has 0 saturated carbocycles. The number of hydrogen-bond acceptors (Lipinski definition) is 3. The van der Waals surface area contributed by atoms with Gasteiger partial charge < -0.3 is 16.0 Å². The molecule has 1 aromatic heterocycles. The molecule has 0 aliphatic rings. The zero-order valence-electron chi connectivity index (χ0n) is 18.3. The highest BCUT2D eigenvalue weighted by Gasteiger charge is 2.29. The molecule has 2 atom stereocenters. The average molecular weight is 398 g/mol. The molecule has 0 aliphatic carbocycles. The third kappa shape index (κ3) is 6.86. The second kappa shape index (κ2) is 9.88. The van der Waals surface area contributed by atoms with Gasteiger partial charge in [-0.2, -0.15) is 0 Å². The maximum absolute atomic E-state index is 13.2. The Labute approximate surface area is 174 Å². The molecular weight excluding hydrogens is 362 g/mol. The van der Waals surface area contributed by atoms with Crippen LogP contribution in [0.1, 0.15) is 53.0 Å². The van der Waals surface area contributed by atoms with Crippen molar-refractivity contribution in [3.8, 4) is 0 Å². The molecule has 29 heavy (non-hydrogen) atoms. The van der Waals surface area contributed by atoms with E-state index in [1.54, 1.807) is 0 Å². The second-order valence-corrected chi connectivity index (χ2v) is 9.10. The number of carbonyl (C=O) groups is 2. The minimum absolute atomic E-state index is 0.000683. The van der Waals surface area contributed by atoms with E-state index in [-0.39, 0.29) is 29.7 Å². The summed E-state index contributed by atoms with van der Waals surface area (Å²) in [4.78, 5) is 27.7. The highest BCUT2D eigenvalue weighted by Crippen LogP contribution is 2.27. The largest absolute Gasteiger partial charge is 0.370 e. The van der Waals surface area contributed by atoms with E-state index in [0.29, 0.717) is 19.3 Å². The highest BCUT2D eigenvalue weighted by atomic mass is 16.1. The topological polar surface area (TPSA) is 88.0 Å². The summed E-state index contributed by atoms with van der Waals surface area (Å²) >= 11 is 0. The van der Waals surface area contributed by atoms with Crippen LogP contribution in [0.25, 0.3) is 10.9 Å². The molecule has 0 radical (unpaired) electrons. The number of carbonyl (C=O) groups excluding carboxylic acids is 2. The van der Waals surface area contributed by atoms with Crippen LogP contribution in [0.4, 0.5) is 0 Å². The number of H-pyrrole nitrogens is 1. The molecule has 2 rings (SSSR count). The van der Waals surface area contributed by atoms with Crippen molar-refractivity contribution < 1.29 is 9.59 Å². The number of hydrogen-bond donors (Lipinski definition) is 3. The summed E-state index contributed by atoms with van der Waals surface area (Å²) in [5.41, 5.74) is 7.11. The third-order valence-electron chi connectivity index (χ3n) is 5.02. The number of primary amides is 1. The maximum Gasteiger partial charge on any atom is 0.217 e. The van der Waals surface area contributed by atoms with Gasteiger partial charge in [0.05, 0.1) is 0 Å². The van der Waals surface area contributed by atoms with Crippen LogP contribution in [-0.2, 0) is 16.0 Å². The van der Waals surface area contributed by atoms with Crippen molar-refractivity contribution in [2.45, 2.75) is 66.0 Å². The Balaban J connectivity index is 2.27. The molecule has 0 spiro atoms. The van der Waals surface area contributed by atoms with Gasteiger partial charge in [0.1, 0.15) is 5.78 Å². The molecule has 4 N–H and O–H groups in total. The lowest BCUT2D eigenvalue weighted by atomic mass is 9.80. The predicted molar refractivity (Wildman–Crippen MR) is 120 cm³/mol. The Morgan fingerprint density at radius 2 is 1.86 bits per heavy atom. The van der Waals surface area contributed by atoms with Crippen LogP contribution in [0, 0.1) is 11.3 Å². The number of amides is 1. The van der Waals surface area contributed by atoms with Crippen LogP contribution in [0.5, 0.6) is 0 Å². The fourth-order valence-electron chi connectivity index (χ4n) is 3.57. The molecule has 0 fully saturated rings. The minimum Gasteiger partial charge on any atom is -0.370 e. The number of aromatic amines is 1. The van der Waals surface area contributed by atoms with E-state index in [1.165, 1.54) is 0 Å². The average Bonchev–Trinajstić information content (AvgIpc) is 3.04. The lowest BCUT2D eigenvalue weighted by molar-refractivity contribution is -0.129. The molecule has 0 saturated heterocycles. The van der Waals surface area contributed by atoms with Gasteiger partial charge in [-0.15, -0.1) is 0 Å². The van der Waals surface area contributed by atoms with Crippen molar-refractivity contribution >= 4 is 22.6 Å². The summed E-state index contributed by atoms with van der Waals surface area (Å²) in [6.45, 7) is 10.0. The number of rotatable bonds is 10. The molecule has 158 valence electrons. The molecule has 1 aromatic carbocycles. The number of ketones is 1. The van der Waals surface area contributed by atoms with E-state index in [0.717, 1.165) is 16.5 Å². The Hall–Kier alpha value is -2.40. The summed E-state index contributed by atoms with van der Waals surface area (Å²) < 4.78 is 0. The molecule has 1 unspecified atom stereocenters. The third-order valence-corrected chi connectivity index (χ3v) is 5.02. The molecule has 0 bridgehead atoms. The first-order valence-corrected chi connectivity index (χ1v) is 10.4. The lowest BCUT2D eigenvalue weighted by Crippen LogP contribution is -2.35. The first kappa shape index (κ1) is 22.9.